The van der Waals surface area contributed by atoms with E-state index in [0.717, 1.165) is 24.6 Å². The van der Waals surface area contributed by atoms with Gasteiger partial charge in [-0.3, -0.25) is 4.79 Å². The Morgan fingerprint density at radius 1 is 1.34 bits per heavy atom. The Labute approximate surface area is 172 Å². The first kappa shape index (κ1) is 19.3. The second-order valence-electron chi connectivity index (χ2n) is 9.50. The molecule has 0 spiro atoms. The number of carbonyl (C=O) groups excluding carboxylic acids is 1. The average Bonchev–Trinajstić information content (AvgIpc) is 3.17. The molecular weight excluding hydrogens is 369 g/mol. The van der Waals surface area contributed by atoms with Gasteiger partial charge in [0.1, 0.15) is 11.9 Å². The first-order chi connectivity index (χ1) is 14.0. The Morgan fingerprint density at radius 3 is 2.97 bits per heavy atom. The van der Waals surface area contributed by atoms with E-state index in [1.165, 1.54) is 43.2 Å². The number of alkyl halides is 1. The average molecular weight is 402 g/mol. The van der Waals surface area contributed by atoms with Crippen molar-refractivity contribution in [1.29, 1.82) is 0 Å². The molecule has 2 saturated heterocycles. The largest absolute Gasteiger partial charge is 0.495 e. The molecule has 6 heteroatoms. The molecule has 5 nitrogen and oxygen atoms in total. The Balaban J connectivity index is 1.50. The summed E-state index contributed by atoms with van der Waals surface area (Å²) < 4.78 is 19.2. The number of amides is 1. The molecule has 0 radical (unpaired) electrons. The maximum atomic E-state index is 13.5. The van der Waals surface area contributed by atoms with Gasteiger partial charge in [0.05, 0.1) is 18.8 Å². The van der Waals surface area contributed by atoms with Gasteiger partial charge >= 0.3 is 0 Å². The normalized spacial score (nSPS) is 36.2. The van der Waals surface area contributed by atoms with Gasteiger partial charge < -0.3 is 20.3 Å². The minimum Gasteiger partial charge on any atom is -0.495 e. The van der Waals surface area contributed by atoms with Crippen LogP contribution in [0.25, 0.3) is 0 Å². The maximum Gasteiger partial charge on any atom is 0.241 e. The van der Waals surface area contributed by atoms with Crippen molar-refractivity contribution >= 4 is 11.6 Å². The van der Waals surface area contributed by atoms with Gasteiger partial charge in [-0.2, -0.15) is 0 Å². The van der Waals surface area contributed by atoms with Crippen molar-refractivity contribution in [3.63, 3.8) is 0 Å². The van der Waals surface area contributed by atoms with E-state index in [9.17, 15) is 9.18 Å². The highest BCUT2D eigenvalue weighted by atomic mass is 19.1. The molecule has 2 N–H and O–H groups in total. The van der Waals surface area contributed by atoms with E-state index in [2.05, 4.69) is 34.7 Å². The Hall–Kier alpha value is -1.66. The number of fused-ring (bicyclic) bond motifs is 1. The van der Waals surface area contributed by atoms with Crippen molar-refractivity contribution in [1.82, 2.24) is 10.2 Å². The van der Waals surface area contributed by atoms with Gasteiger partial charge in [0.25, 0.3) is 0 Å². The maximum absolute atomic E-state index is 13.5. The third kappa shape index (κ3) is 3.07. The lowest BCUT2D eigenvalue weighted by molar-refractivity contribution is -0.117. The molecule has 2 bridgehead atoms. The van der Waals surface area contributed by atoms with E-state index < -0.39 is 12.2 Å². The van der Waals surface area contributed by atoms with Crippen LogP contribution >= 0.6 is 0 Å². The Morgan fingerprint density at radius 2 is 2.21 bits per heavy atom. The van der Waals surface area contributed by atoms with E-state index in [4.69, 9.17) is 4.74 Å². The number of hydrogen-bond acceptors (Lipinski definition) is 4. The van der Waals surface area contributed by atoms with E-state index >= 15 is 0 Å². The molecule has 1 saturated carbocycles. The highest BCUT2D eigenvalue weighted by Crippen LogP contribution is 2.56. The highest BCUT2D eigenvalue weighted by molar-refractivity contribution is 5.96. The monoisotopic (exact) mass is 401 g/mol. The zero-order valence-corrected chi connectivity index (χ0v) is 17.5. The number of piperidine rings is 1. The van der Waals surface area contributed by atoms with Crippen molar-refractivity contribution in [2.24, 2.45) is 5.92 Å². The number of carbonyl (C=O) groups is 1. The van der Waals surface area contributed by atoms with Gasteiger partial charge in [-0.05, 0) is 68.5 Å². The molecule has 3 fully saturated rings. The van der Waals surface area contributed by atoms with Crippen LogP contribution in [0.2, 0.25) is 0 Å². The molecule has 5 atom stereocenters. The van der Waals surface area contributed by atoms with E-state index in [1.54, 1.807) is 7.11 Å². The van der Waals surface area contributed by atoms with Gasteiger partial charge in [-0.15, -0.1) is 0 Å². The number of hydrogen-bond donors (Lipinski definition) is 2. The first-order valence-electron chi connectivity index (χ1n) is 11.1. The van der Waals surface area contributed by atoms with Crippen molar-refractivity contribution in [2.45, 2.75) is 68.6 Å². The van der Waals surface area contributed by atoms with Gasteiger partial charge in [0.15, 0.2) is 0 Å². The standard InChI is InChI=1S/C23H32FN3O2/c1-27-8-7-23-6-4-3-5-16(23)20(27)10-14-9-18(21(29-2)12-17(14)23)26-22(28)19-11-15(24)13-25-19/h9,12,15-16,19-20,25H,3-8,10-11,13H2,1-2H3,(H,26,28)/t15?,16?,19?,20-,23-/m0/s1. The molecule has 1 aromatic rings. The summed E-state index contributed by atoms with van der Waals surface area (Å²) in [4.78, 5) is 15.2. The van der Waals surface area contributed by atoms with Gasteiger partial charge in [0, 0.05) is 24.4 Å². The summed E-state index contributed by atoms with van der Waals surface area (Å²) in [6, 6.07) is 4.44. The number of rotatable bonds is 3. The second-order valence-corrected chi connectivity index (χ2v) is 9.50. The number of halogens is 1. The topological polar surface area (TPSA) is 53.6 Å². The fourth-order valence-electron chi connectivity index (χ4n) is 6.61. The molecular formula is C23H32FN3O2. The Kier molecular flexibility index (Phi) is 4.82. The van der Waals surface area contributed by atoms with Crippen LogP contribution in [0.5, 0.6) is 5.75 Å². The summed E-state index contributed by atoms with van der Waals surface area (Å²) in [6.07, 6.45) is 6.72. The quantitative estimate of drug-likeness (QED) is 0.818. The third-order valence-corrected chi connectivity index (χ3v) is 8.08. The molecule has 0 aromatic heterocycles. The molecule has 5 rings (SSSR count). The minimum absolute atomic E-state index is 0.176. The summed E-state index contributed by atoms with van der Waals surface area (Å²) in [5, 5.41) is 5.98. The molecule has 1 aromatic carbocycles. The van der Waals surface area contributed by atoms with Crippen molar-refractivity contribution in [3.8, 4) is 5.75 Å². The van der Waals surface area contributed by atoms with Crippen LogP contribution in [0, 0.1) is 5.92 Å². The zero-order chi connectivity index (χ0) is 20.2. The third-order valence-electron chi connectivity index (χ3n) is 8.08. The second kappa shape index (κ2) is 7.24. The first-order valence-corrected chi connectivity index (χ1v) is 11.1. The number of nitrogens with one attached hydrogen (secondary N) is 2. The number of ether oxygens (including phenoxy) is 1. The number of likely N-dealkylation sites (N-methyl/N-ethyl adjacent to an activating group) is 1. The van der Waals surface area contributed by atoms with E-state index in [1.807, 2.05) is 0 Å². The van der Waals surface area contributed by atoms with E-state index in [-0.39, 0.29) is 24.3 Å². The van der Waals surface area contributed by atoms with Crippen molar-refractivity contribution in [3.05, 3.63) is 23.3 Å². The minimum atomic E-state index is -0.951. The summed E-state index contributed by atoms with van der Waals surface area (Å²) in [7, 11) is 3.93. The smallest absolute Gasteiger partial charge is 0.241 e. The van der Waals surface area contributed by atoms with Crippen molar-refractivity contribution in [2.75, 3.05) is 32.6 Å². The molecule has 29 heavy (non-hydrogen) atoms. The molecule has 158 valence electrons. The van der Waals surface area contributed by atoms with Crippen LogP contribution in [0.3, 0.4) is 0 Å². The van der Waals surface area contributed by atoms with Crippen LogP contribution in [0.1, 0.15) is 49.7 Å². The molecule has 2 aliphatic heterocycles. The lowest BCUT2D eigenvalue weighted by Crippen LogP contribution is -2.59. The summed E-state index contributed by atoms with van der Waals surface area (Å²) in [6.45, 7) is 1.40. The van der Waals surface area contributed by atoms with Gasteiger partial charge in [-0.1, -0.05) is 12.8 Å². The highest BCUT2D eigenvalue weighted by Gasteiger charge is 2.53. The zero-order valence-electron chi connectivity index (χ0n) is 17.5. The molecule has 1 amide bonds. The predicted molar refractivity (Wildman–Crippen MR) is 111 cm³/mol. The van der Waals surface area contributed by atoms with E-state index in [0.29, 0.717) is 11.7 Å². The van der Waals surface area contributed by atoms with Crippen LogP contribution in [-0.2, 0) is 16.6 Å². The van der Waals surface area contributed by atoms with Gasteiger partial charge in [-0.25, -0.2) is 4.39 Å². The number of likely N-dealkylation sites (tertiary alicyclic amines) is 1. The Bertz CT molecular complexity index is 816. The van der Waals surface area contributed by atoms with Crippen LogP contribution in [0.15, 0.2) is 12.1 Å². The summed E-state index contributed by atoms with van der Waals surface area (Å²) >= 11 is 0. The molecule has 2 heterocycles. The predicted octanol–water partition coefficient (Wildman–Crippen LogP) is 3.02. The fourth-order valence-corrected chi connectivity index (χ4v) is 6.61. The SMILES string of the molecule is COc1cc2c(cc1NC(=O)C1CC(F)CN1)C[C@H]1C3CCCC[C@@]23CCN1C. The number of nitrogens with zero attached hydrogens (tertiary/aromatic N) is 1. The lowest BCUT2D eigenvalue weighted by Gasteiger charge is -2.58. The number of anilines is 1. The summed E-state index contributed by atoms with van der Waals surface area (Å²) in [5.74, 6) is 1.27. The molecule has 4 aliphatic rings. The molecule has 3 unspecified atom stereocenters. The van der Waals surface area contributed by atoms with Crippen LogP contribution < -0.4 is 15.4 Å². The fraction of sp³-hybridized carbons (Fsp3) is 0.696. The van der Waals surface area contributed by atoms with Gasteiger partial charge in [0.2, 0.25) is 5.91 Å². The molecule has 2 aliphatic carbocycles. The number of methoxy groups -OCH3 is 1. The van der Waals surface area contributed by atoms with Crippen molar-refractivity contribution < 1.29 is 13.9 Å². The van der Waals surface area contributed by atoms with Crippen LogP contribution in [0.4, 0.5) is 10.1 Å². The lowest BCUT2D eigenvalue weighted by atomic mass is 9.52. The summed E-state index contributed by atoms with van der Waals surface area (Å²) in [5.41, 5.74) is 3.77. The van der Waals surface area contributed by atoms with Crippen LogP contribution in [-0.4, -0.2) is 56.3 Å². The number of benzene rings is 1.